The standard InChI is InChI=1S/C15H27N3/c1-12-6-8-14(9-7-12)15(16)13(2)18(5)11-10-17(3)4/h6-9,13,15H,10-11,16H2,1-5H3. The van der Waals surface area contributed by atoms with Crippen molar-refractivity contribution in [1.29, 1.82) is 0 Å². The molecule has 2 unspecified atom stereocenters. The molecular formula is C15H27N3. The summed E-state index contributed by atoms with van der Waals surface area (Å²) in [4.78, 5) is 4.52. The van der Waals surface area contributed by atoms with Gasteiger partial charge in [-0.15, -0.1) is 0 Å². The van der Waals surface area contributed by atoms with E-state index in [0.29, 0.717) is 6.04 Å². The zero-order chi connectivity index (χ0) is 13.7. The van der Waals surface area contributed by atoms with E-state index in [-0.39, 0.29) is 6.04 Å². The van der Waals surface area contributed by atoms with Crippen molar-refractivity contribution < 1.29 is 0 Å². The quantitative estimate of drug-likeness (QED) is 0.835. The summed E-state index contributed by atoms with van der Waals surface area (Å²) < 4.78 is 0. The lowest BCUT2D eigenvalue weighted by Crippen LogP contribution is -2.41. The monoisotopic (exact) mass is 249 g/mol. The van der Waals surface area contributed by atoms with Gasteiger partial charge in [-0.05, 0) is 40.6 Å². The molecule has 18 heavy (non-hydrogen) atoms. The van der Waals surface area contributed by atoms with Crippen LogP contribution < -0.4 is 5.73 Å². The minimum atomic E-state index is 0.0674. The average molecular weight is 249 g/mol. The Morgan fingerprint density at radius 1 is 1.06 bits per heavy atom. The average Bonchev–Trinajstić information content (AvgIpc) is 2.35. The molecule has 0 spiro atoms. The Labute approximate surface area is 112 Å². The molecule has 1 aromatic rings. The molecule has 2 atom stereocenters. The molecule has 0 heterocycles. The first-order valence-corrected chi connectivity index (χ1v) is 6.59. The van der Waals surface area contributed by atoms with Gasteiger partial charge in [-0.25, -0.2) is 0 Å². The molecule has 0 aliphatic heterocycles. The summed E-state index contributed by atoms with van der Waals surface area (Å²) in [5, 5.41) is 0. The van der Waals surface area contributed by atoms with Gasteiger partial charge >= 0.3 is 0 Å². The Morgan fingerprint density at radius 3 is 2.11 bits per heavy atom. The van der Waals surface area contributed by atoms with Crippen molar-refractivity contribution in [3.63, 3.8) is 0 Å². The molecule has 0 aliphatic carbocycles. The lowest BCUT2D eigenvalue weighted by Gasteiger charge is -2.30. The van der Waals surface area contributed by atoms with Crippen molar-refractivity contribution in [2.75, 3.05) is 34.2 Å². The normalized spacial score (nSPS) is 15.1. The van der Waals surface area contributed by atoms with Crippen LogP contribution in [0.3, 0.4) is 0 Å². The number of hydrogen-bond donors (Lipinski definition) is 1. The Bertz CT molecular complexity index is 345. The van der Waals surface area contributed by atoms with Gasteiger partial charge in [0.05, 0.1) is 0 Å². The van der Waals surface area contributed by atoms with Crippen LogP contribution in [0.15, 0.2) is 24.3 Å². The molecule has 102 valence electrons. The molecule has 1 rings (SSSR count). The van der Waals surface area contributed by atoms with E-state index in [2.05, 4.69) is 69.1 Å². The van der Waals surface area contributed by atoms with Crippen LogP contribution in [0.25, 0.3) is 0 Å². The van der Waals surface area contributed by atoms with E-state index in [4.69, 9.17) is 5.73 Å². The van der Waals surface area contributed by atoms with Gasteiger partial charge in [0.25, 0.3) is 0 Å². The predicted molar refractivity (Wildman–Crippen MR) is 78.8 cm³/mol. The lowest BCUT2D eigenvalue weighted by atomic mass is 9.99. The van der Waals surface area contributed by atoms with E-state index in [1.807, 2.05) is 0 Å². The molecule has 0 saturated heterocycles. The molecule has 0 amide bonds. The summed E-state index contributed by atoms with van der Waals surface area (Å²) in [6.07, 6.45) is 0. The minimum Gasteiger partial charge on any atom is -0.323 e. The lowest BCUT2D eigenvalue weighted by molar-refractivity contribution is 0.205. The van der Waals surface area contributed by atoms with Gasteiger partial charge < -0.3 is 15.5 Å². The number of benzene rings is 1. The van der Waals surface area contributed by atoms with E-state index in [1.54, 1.807) is 0 Å². The summed E-state index contributed by atoms with van der Waals surface area (Å²) >= 11 is 0. The molecule has 3 nitrogen and oxygen atoms in total. The van der Waals surface area contributed by atoms with Crippen LogP contribution in [-0.4, -0.2) is 50.1 Å². The van der Waals surface area contributed by atoms with Crippen LogP contribution in [0.2, 0.25) is 0 Å². The van der Waals surface area contributed by atoms with E-state index < -0.39 is 0 Å². The number of aryl methyl sites for hydroxylation is 1. The van der Waals surface area contributed by atoms with Crippen molar-refractivity contribution in [2.24, 2.45) is 5.73 Å². The van der Waals surface area contributed by atoms with Crippen molar-refractivity contribution in [1.82, 2.24) is 9.80 Å². The fraction of sp³-hybridized carbons (Fsp3) is 0.600. The van der Waals surface area contributed by atoms with Gasteiger partial charge in [-0.2, -0.15) is 0 Å². The Hall–Kier alpha value is -0.900. The van der Waals surface area contributed by atoms with Gasteiger partial charge in [-0.3, -0.25) is 0 Å². The molecule has 0 saturated carbocycles. The summed E-state index contributed by atoms with van der Waals surface area (Å²) in [5.41, 5.74) is 8.83. The minimum absolute atomic E-state index is 0.0674. The van der Waals surface area contributed by atoms with Crippen molar-refractivity contribution >= 4 is 0 Å². The van der Waals surface area contributed by atoms with Crippen LogP contribution in [-0.2, 0) is 0 Å². The molecule has 0 aromatic heterocycles. The SMILES string of the molecule is Cc1ccc(C(N)C(C)N(C)CCN(C)C)cc1. The molecule has 0 fully saturated rings. The van der Waals surface area contributed by atoms with Crippen LogP contribution in [0, 0.1) is 6.92 Å². The second-order valence-corrected chi connectivity index (χ2v) is 5.46. The van der Waals surface area contributed by atoms with Gasteiger partial charge in [-0.1, -0.05) is 29.8 Å². The first-order chi connectivity index (χ1) is 8.41. The number of rotatable bonds is 6. The Balaban J connectivity index is 2.59. The molecular weight excluding hydrogens is 222 g/mol. The van der Waals surface area contributed by atoms with Crippen LogP contribution in [0.5, 0.6) is 0 Å². The smallest absolute Gasteiger partial charge is 0.0450 e. The summed E-state index contributed by atoms with van der Waals surface area (Å²) in [6.45, 7) is 6.39. The van der Waals surface area contributed by atoms with Crippen molar-refractivity contribution in [3.8, 4) is 0 Å². The number of likely N-dealkylation sites (N-methyl/N-ethyl adjacent to an activating group) is 2. The zero-order valence-corrected chi connectivity index (χ0v) is 12.4. The maximum absolute atomic E-state index is 6.34. The highest BCUT2D eigenvalue weighted by Gasteiger charge is 2.18. The molecule has 1 aromatic carbocycles. The zero-order valence-electron chi connectivity index (χ0n) is 12.4. The summed E-state index contributed by atoms with van der Waals surface area (Å²) in [7, 11) is 6.33. The van der Waals surface area contributed by atoms with Gasteiger partial charge in [0.1, 0.15) is 0 Å². The Morgan fingerprint density at radius 2 is 1.61 bits per heavy atom. The first kappa shape index (κ1) is 15.2. The molecule has 3 heteroatoms. The van der Waals surface area contributed by atoms with E-state index in [0.717, 1.165) is 13.1 Å². The largest absolute Gasteiger partial charge is 0.323 e. The number of nitrogens with zero attached hydrogens (tertiary/aromatic N) is 2. The first-order valence-electron chi connectivity index (χ1n) is 6.59. The maximum atomic E-state index is 6.34. The third kappa shape index (κ3) is 4.41. The van der Waals surface area contributed by atoms with Crippen molar-refractivity contribution in [3.05, 3.63) is 35.4 Å². The second kappa shape index (κ2) is 6.88. The predicted octanol–water partition coefficient (Wildman–Crippen LogP) is 1.88. The fourth-order valence-electron chi connectivity index (χ4n) is 1.90. The number of hydrogen-bond acceptors (Lipinski definition) is 3. The molecule has 2 N–H and O–H groups in total. The molecule has 0 radical (unpaired) electrons. The fourth-order valence-corrected chi connectivity index (χ4v) is 1.90. The Kier molecular flexibility index (Phi) is 5.79. The third-order valence-corrected chi connectivity index (χ3v) is 3.58. The van der Waals surface area contributed by atoms with Gasteiger partial charge in [0.15, 0.2) is 0 Å². The second-order valence-electron chi connectivity index (χ2n) is 5.46. The third-order valence-electron chi connectivity index (χ3n) is 3.58. The van der Waals surface area contributed by atoms with Crippen LogP contribution in [0.4, 0.5) is 0 Å². The molecule has 0 bridgehead atoms. The molecule has 0 aliphatic rings. The summed E-state index contributed by atoms with van der Waals surface area (Å²) in [5.74, 6) is 0. The highest BCUT2D eigenvalue weighted by Crippen LogP contribution is 2.18. The van der Waals surface area contributed by atoms with E-state index in [1.165, 1.54) is 11.1 Å². The van der Waals surface area contributed by atoms with Crippen LogP contribution >= 0.6 is 0 Å². The van der Waals surface area contributed by atoms with Crippen molar-refractivity contribution in [2.45, 2.75) is 25.9 Å². The summed E-state index contributed by atoms with van der Waals surface area (Å²) in [6, 6.07) is 8.93. The highest BCUT2D eigenvalue weighted by molar-refractivity contribution is 5.24. The van der Waals surface area contributed by atoms with E-state index >= 15 is 0 Å². The highest BCUT2D eigenvalue weighted by atomic mass is 15.2. The topological polar surface area (TPSA) is 32.5 Å². The van der Waals surface area contributed by atoms with Gasteiger partial charge in [0.2, 0.25) is 0 Å². The maximum Gasteiger partial charge on any atom is 0.0450 e. The van der Waals surface area contributed by atoms with Crippen LogP contribution in [0.1, 0.15) is 24.1 Å². The number of nitrogens with two attached hydrogens (primary N) is 1. The van der Waals surface area contributed by atoms with E-state index in [9.17, 15) is 0 Å². The van der Waals surface area contributed by atoms with Gasteiger partial charge in [0, 0.05) is 25.2 Å².